The molecule has 0 aromatic heterocycles. The number of halogens is 2. The average Bonchev–Trinajstić information content (AvgIpc) is 2.13. The first-order chi connectivity index (χ1) is 7.38. The number of hydrogen-bond acceptors (Lipinski definition) is 3. The van der Waals surface area contributed by atoms with Crippen LogP contribution < -0.4 is 10.5 Å². The van der Waals surface area contributed by atoms with Gasteiger partial charge in [-0.3, -0.25) is 0 Å². The summed E-state index contributed by atoms with van der Waals surface area (Å²) in [7, 11) is -3.43. The van der Waals surface area contributed by atoms with Gasteiger partial charge in [-0.15, -0.1) is 0 Å². The Morgan fingerprint density at radius 3 is 2.69 bits per heavy atom. The molecule has 90 valence electrons. The molecule has 1 rings (SSSR count). The van der Waals surface area contributed by atoms with Crippen LogP contribution in [0.2, 0.25) is 0 Å². The van der Waals surface area contributed by atoms with Gasteiger partial charge in [-0.2, -0.15) is 0 Å². The summed E-state index contributed by atoms with van der Waals surface area (Å²) < 4.78 is 34.7. The molecule has 0 fully saturated rings. The van der Waals surface area contributed by atoms with E-state index >= 15 is 0 Å². The van der Waals surface area contributed by atoms with Crippen molar-refractivity contribution in [3.05, 3.63) is 34.1 Å². The van der Waals surface area contributed by atoms with Crippen LogP contribution in [0, 0.1) is 5.82 Å². The molecule has 0 saturated carbocycles. The number of nitrogens with two attached hydrogens (primary N) is 1. The van der Waals surface area contributed by atoms with Crippen LogP contribution in [0.15, 0.2) is 22.7 Å². The molecular weight excluding hydrogens is 299 g/mol. The summed E-state index contributed by atoms with van der Waals surface area (Å²) in [6, 6.07) is 4.33. The highest BCUT2D eigenvalue weighted by molar-refractivity contribution is 9.10. The summed E-state index contributed by atoms with van der Waals surface area (Å²) in [5.74, 6) is -0.439. The van der Waals surface area contributed by atoms with Crippen molar-refractivity contribution in [1.29, 1.82) is 0 Å². The molecule has 0 aliphatic heterocycles. The molecule has 0 saturated heterocycles. The van der Waals surface area contributed by atoms with Gasteiger partial charge in [0, 0.05) is 17.6 Å². The van der Waals surface area contributed by atoms with Crippen LogP contribution >= 0.6 is 15.9 Å². The third-order valence-corrected chi connectivity index (χ3v) is 3.41. The van der Waals surface area contributed by atoms with Gasteiger partial charge in [-0.25, -0.2) is 17.9 Å². The van der Waals surface area contributed by atoms with Gasteiger partial charge in [-0.05, 0) is 17.7 Å². The van der Waals surface area contributed by atoms with Crippen molar-refractivity contribution in [3.8, 4) is 0 Å². The quantitative estimate of drug-likeness (QED) is 0.796. The molecule has 4 nitrogen and oxygen atoms in total. The largest absolute Gasteiger partial charge is 0.312 e. The van der Waals surface area contributed by atoms with E-state index in [2.05, 4.69) is 21.2 Å². The second kappa shape index (κ2) is 5.72. The first kappa shape index (κ1) is 13.6. The Labute approximate surface area is 102 Å². The van der Waals surface area contributed by atoms with Gasteiger partial charge < -0.3 is 5.32 Å². The smallest absolute Gasteiger partial charge is 0.210 e. The molecule has 1 aromatic carbocycles. The Balaban J connectivity index is 2.43. The van der Waals surface area contributed by atoms with E-state index in [1.807, 2.05) is 0 Å². The predicted molar refractivity (Wildman–Crippen MR) is 63.8 cm³/mol. The van der Waals surface area contributed by atoms with E-state index in [0.29, 0.717) is 11.0 Å². The Morgan fingerprint density at radius 2 is 2.12 bits per heavy atom. The zero-order chi connectivity index (χ0) is 12.2. The highest BCUT2D eigenvalue weighted by Crippen LogP contribution is 2.17. The van der Waals surface area contributed by atoms with Gasteiger partial charge in [0.05, 0.1) is 5.75 Å². The van der Waals surface area contributed by atoms with Gasteiger partial charge >= 0.3 is 0 Å². The molecule has 0 aliphatic rings. The standard InChI is InChI=1S/C9H12BrFN2O2S/c10-9-5-8(11)2-1-7(9)6-13-3-4-16(12,14)15/h1-2,5,13H,3-4,6H2,(H2,12,14,15). The minimum Gasteiger partial charge on any atom is -0.312 e. The first-order valence-corrected chi connectivity index (χ1v) is 7.04. The lowest BCUT2D eigenvalue weighted by molar-refractivity contribution is 0.592. The summed E-state index contributed by atoms with van der Waals surface area (Å²) in [5, 5.41) is 7.74. The number of primary sulfonamides is 1. The van der Waals surface area contributed by atoms with Crippen LogP contribution in [-0.4, -0.2) is 20.7 Å². The molecule has 3 N–H and O–H groups in total. The molecule has 0 unspecified atom stereocenters. The molecule has 16 heavy (non-hydrogen) atoms. The Kier molecular flexibility index (Phi) is 4.85. The van der Waals surface area contributed by atoms with E-state index in [1.165, 1.54) is 12.1 Å². The van der Waals surface area contributed by atoms with E-state index in [1.54, 1.807) is 6.07 Å². The van der Waals surface area contributed by atoms with Gasteiger partial charge in [-0.1, -0.05) is 22.0 Å². The SMILES string of the molecule is NS(=O)(=O)CCNCc1ccc(F)cc1Br. The van der Waals surface area contributed by atoms with Crippen LogP contribution in [0.25, 0.3) is 0 Å². The van der Waals surface area contributed by atoms with Crippen molar-refractivity contribution in [2.45, 2.75) is 6.54 Å². The lowest BCUT2D eigenvalue weighted by Crippen LogP contribution is -2.26. The van der Waals surface area contributed by atoms with Crippen molar-refractivity contribution >= 4 is 26.0 Å². The molecule has 0 atom stereocenters. The second-order valence-corrected chi connectivity index (χ2v) is 5.87. The van der Waals surface area contributed by atoms with Crippen LogP contribution in [0.5, 0.6) is 0 Å². The Morgan fingerprint density at radius 1 is 1.44 bits per heavy atom. The number of sulfonamides is 1. The molecule has 0 heterocycles. The van der Waals surface area contributed by atoms with Gasteiger partial charge in [0.25, 0.3) is 0 Å². The van der Waals surface area contributed by atoms with Crippen LogP contribution in [-0.2, 0) is 16.6 Å². The minimum atomic E-state index is -3.43. The highest BCUT2D eigenvalue weighted by Gasteiger charge is 2.03. The van der Waals surface area contributed by atoms with Crippen molar-refractivity contribution in [2.24, 2.45) is 5.14 Å². The molecule has 1 aromatic rings. The van der Waals surface area contributed by atoms with Gasteiger partial charge in [0.1, 0.15) is 5.82 Å². The number of benzene rings is 1. The zero-order valence-corrected chi connectivity index (χ0v) is 10.8. The number of nitrogens with one attached hydrogen (secondary N) is 1. The number of rotatable bonds is 5. The second-order valence-electron chi connectivity index (χ2n) is 3.28. The minimum absolute atomic E-state index is 0.119. The Bertz CT molecular complexity index is 465. The third-order valence-electron chi connectivity index (χ3n) is 1.89. The van der Waals surface area contributed by atoms with Crippen molar-refractivity contribution in [3.63, 3.8) is 0 Å². The van der Waals surface area contributed by atoms with E-state index in [4.69, 9.17) is 5.14 Å². The van der Waals surface area contributed by atoms with Crippen LogP contribution in [0.4, 0.5) is 4.39 Å². The van der Waals surface area contributed by atoms with Crippen LogP contribution in [0.3, 0.4) is 0 Å². The summed E-state index contributed by atoms with van der Waals surface area (Å²) in [5.41, 5.74) is 0.857. The van der Waals surface area contributed by atoms with E-state index in [0.717, 1.165) is 5.56 Å². The summed E-state index contributed by atoms with van der Waals surface area (Å²) >= 11 is 3.22. The lowest BCUT2D eigenvalue weighted by Gasteiger charge is -2.06. The fraction of sp³-hybridized carbons (Fsp3) is 0.333. The first-order valence-electron chi connectivity index (χ1n) is 4.53. The van der Waals surface area contributed by atoms with Crippen molar-refractivity contribution < 1.29 is 12.8 Å². The fourth-order valence-electron chi connectivity index (χ4n) is 1.10. The fourth-order valence-corrected chi connectivity index (χ4v) is 2.02. The summed E-state index contributed by atoms with van der Waals surface area (Å²) in [6.45, 7) is 0.721. The third kappa shape index (κ3) is 5.02. The monoisotopic (exact) mass is 310 g/mol. The van der Waals surface area contributed by atoms with Gasteiger partial charge in [0.15, 0.2) is 0 Å². The lowest BCUT2D eigenvalue weighted by atomic mass is 10.2. The van der Waals surface area contributed by atoms with Crippen molar-refractivity contribution in [2.75, 3.05) is 12.3 Å². The maximum Gasteiger partial charge on any atom is 0.210 e. The average molecular weight is 311 g/mol. The van der Waals surface area contributed by atoms with Gasteiger partial charge in [0.2, 0.25) is 10.0 Å². The highest BCUT2D eigenvalue weighted by atomic mass is 79.9. The Hall–Kier alpha value is -0.500. The molecule has 7 heteroatoms. The maximum absolute atomic E-state index is 12.7. The molecular formula is C9H12BrFN2O2S. The maximum atomic E-state index is 12.7. The molecule has 0 spiro atoms. The number of hydrogen-bond donors (Lipinski definition) is 2. The predicted octanol–water partition coefficient (Wildman–Crippen LogP) is 0.966. The molecule has 0 aliphatic carbocycles. The molecule has 0 amide bonds. The molecule has 0 bridgehead atoms. The summed E-state index contributed by atoms with van der Waals surface area (Å²) in [4.78, 5) is 0. The van der Waals surface area contributed by atoms with Crippen molar-refractivity contribution in [1.82, 2.24) is 5.32 Å². The zero-order valence-electron chi connectivity index (χ0n) is 8.41. The van der Waals surface area contributed by atoms with E-state index in [9.17, 15) is 12.8 Å². The van der Waals surface area contributed by atoms with E-state index in [-0.39, 0.29) is 18.1 Å². The molecule has 0 radical (unpaired) electrons. The van der Waals surface area contributed by atoms with Crippen LogP contribution in [0.1, 0.15) is 5.56 Å². The van der Waals surface area contributed by atoms with E-state index < -0.39 is 10.0 Å². The topological polar surface area (TPSA) is 72.2 Å². The normalized spacial score (nSPS) is 11.7. The summed E-state index contributed by atoms with van der Waals surface area (Å²) in [6.07, 6.45) is 0.